The average molecular weight is 377 g/mol. The summed E-state index contributed by atoms with van der Waals surface area (Å²) in [6.45, 7) is 8.03. The minimum atomic E-state index is -0.209. The van der Waals surface area contributed by atoms with Gasteiger partial charge in [-0.15, -0.1) is 0 Å². The van der Waals surface area contributed by atoms with Gasteiger partial charge in [0.15, 0.2) is 0 Å². The van der Waals surface area contributed by atoms with Crippen molar-refractivity contribution in [3.8, 4) is 0 Å². The van der Waals surface area contributed by atoms with Gasteiger partial charge in [-0.1, -0.05) is 32.0 Å². The minimum absolute atomic E-state index is 0.00895. The minimum Gasteiger partial charge on any atom is -0.324 e. The second-order valence-corrected chi connectivity index (χ2v) is 6.89. The number of aromatic nitrogens is 1. The topological polar surface area (TPSA) is 51.1 Å². The number of amides is 1. The van der Waals surface area contributed by atoms with Crippen LogP contribution in [0.15, 0.2) is 39.7 Å². The molecule has 0 aliphatic heterocycles. The summed E-state index contributed by atoms with van der Waals surface area (Å²) in [4.78, 5) is 24.5. The molecule has 0 bridgehead atoms. The first-order valence-electron chi connectivity index (χ1n) is 7.55. The van der Waals surface area contributed by atoms with Crippen LogP contribution in [0.3, 0.4) is 0 Å². The Balaban J connectivity index is 2.26. The van der Waals surface area contributed by atoms with Crippen LogP contribution in [0.25, 0.3) is 0 Å². The van der Waals surface area contributed by atoms with Crippen molar-refractivity contribution in [2.75, 3.05) is 5.32 Å². The van der Waals surface area contributed by atoms with Crippen LogP contribution >= 0.6 is 15.9 Å². The van der Waals surface area contributed by atoms with Crippen molar-refractivity contribution >= 4 is 27.5 Å². The van der Waals surface area contributed by atoms with Gasteiger partial charge in [0.05, 0.1) is 4.47 Å². The van der Waals surface area contributed by atoms with Gasteiger partial charge in [-0.2, -0.15) is 0 Å². The van der Waals surface area contributed by atoms with Crippen molar-refractivity contribution in [3.63, 3.8) is 0 Å². The molecule has 0 radical (unpaired) electrons. The summed E-state index contributed by atoms with van der Waals surface area (Å²) in [5.41, 5.74) is 3.66. The van der Waals surface area contributed by atoms with Gasteiger partial charge in [0.25, 0.3) is 5.56 Å². The first kappa shape index (κ1) is 17.5. The molecule has 2 rings (SSSR count). The number of pyridine rings is 1. The molecule has 0 atom stereocenters. The number of hydrogen-bond donors (Lipinski definition) is 1. The molecule has 122 valence electrons. The zero-order chi connectivity index (χ0) is 17.1. The fourth-order valence-electron chi connectivity index (χ4n) is 2.53. The van der Waals surface area contributed by atoms with E-state index >= 15 is 0 Å². The Bertz CT molecular complexity index is 794. The van der Waals surface area contributed by atoms with Gasteiger partial charge in [-0.3, -0.25) is 9.59 Å². The lowest BCUT2D eigenvalue weighted by molar-refractivity contribution is -0.116. The number of aryl methyl sites for hydroxylation is 2. The fourth-order valence-corrected chi connectivity index (χ4v) is 3.12. The van der Waals surface area contributed by atoms with Crippen LogP contribution in [-0.2, 0) is 11.3 Å². The molecule has 0 saturated carbocycles. The van der Waals surface area contributed by atoms with Crippen LogP contribution in [-0.4, -0.2) is 10.5 Å². The normalized spacial score (nSPS) is 10.9. The van der Waals surface area contributed by atoms with Gasteiger partial charge in [0.2, 0.25) is 5.91 Å². The third-order valence-electron chi connectivity index (χ3n) is 3.68. The van der Waals surface area contributed by atoms with Gasteiger partial charge in [-0.05, 0) is 58.5 Å². The first-order valence-corrected chi connectivity index (χ1v) is 8.35. The Hall–Kier alpha value is -1.88. The Morgan fingerprint density at radius 2 is 2.00 bits per heavy atom. The van der Waals surface area contributed by atoms with E-state index in [9.17, 15) is 9.59 Å². The summed E-state index contributed by atoms with van der Waals surface area (Å²) in [5.74, 6) is 0.0989. The Morgan fingerprint density at radius 1 is 1.30 bits per heavy atom. The smallest absolute Gasteiger partial charge is 0.265 e. The van der Waals surface area contributed by atoms with Crippen LogP contribution in [0.4, 0.5) is 5.69 Å². The predicted molar refractivity (Wildman–Crippen MR) is 97.0 cm³/mol. The van der Waals surface area contributed by atoms with Crippen LogP contribution < -0.4 is 10.9 Å². The van der Waals surface area contributed by atoms with E-state index in [1.165, 1.54) is 4.57 Å². The maximum atomic E-state index is 12.4. The van der Waals surface area contributed by atoms with Gasteiger partial charge in [-0.25, -0.2) is 0 Å². The summed E-state index contributed by atoms with van der Waals surface area (Å²) >= 11 is 3.23. The molecular formula is C18H21BrN2O2. The lowest BCUT2D eigenvalue weighted by Crippen LogP contribution is -2.28. The molecule has 4 nitrogen and oxygen atoms in total. The second-order valence-electron chi connectivity index (χ2n) is 6.04. The number of halogens is 1. The molecule has 0 saturated heterocycles. The number of nitrogens with one attached hydrogen (secondary N) is 1. The number of para-hydroxylation sites is 1. The van der Waals surface area contributed by atoms with Crippen molar-refractivity contribution in [1.82, 2.24) is 4.57 Å². The highest BCUT2D eigenvalue weighted by atomic mass is 79.9. The molecule has 0 aliphatic carbocycles. The van der Waals surface area contributed by atoms with Gasteiger partial charge < -0.3 is 9.88 Å². The van der Waals surface area contributed by atoms with Crippen LogP contribution in [0.5, 0.6) is 0 Å². The quantitative estimate of drug-likeness (QED) is 0.876. The highest BCUT2D eigenvalue weighted by molar-refractivity contribution is 9.10. The average Bonchev–Trinajstić information content (AvgIpc) is 2.46. The first-order chi connectivity index (χ1) is 10.8. The molecule has 0 fully saturated rings. The van der Waals surface area contributed by atoms with E-state index in [-0.39, 0.29) is 18.0 Å². The molecule has 23 heavy (non-hydrogen) atoms. The Labute approximate surface area is 144 Å². The maximum absolute atomic E-state index is 12.4. The molecule has 5 heteroatoms. The number of nitrogens with zero attached hydrogens (tertiary/aromatic N) is 1. The van der Waals surface area contributed by atoms with E-state index in [1.807, 2.05) is 32.0 Å². The number of hydrogen-bond acceptors (Lipinski definition) is 2. The SMILES string of the molecule is Cc1cc(Br)c(=O)n(CC(=O)Nc2c(C)cccc2C(C)C)c1. The van der Waals surface area contributed by atoms with Crippen molar-refractivity contribution in [3.05, 3.63) is 62.0 Å². The van der Waals surface area contributed by atoms with Crippen molar-refractivity contribution in [1.29, 1.82) is 0 Å². The molecule has 0 unspecified atom stereocenters. The molecule has 2 aromatic rings. The largest absolute Gasteiger partial charge is 0.324 e. The molecule has 1 amide bonds. The molecule has 1 N–H and O–H groups in total. The van der Waals surface area contributed by atoms with Gasteiger partial charge >= 0.3 is 0 Å². The van der Waals surface area contributed by atoms with E-state index in [0.29, 0.717) is 10.4 Å². The molecule has 1 aromatic carbocycles. The van der Waals surface area contributed by atoms with E-state index in [4.69, 9.17) is 0 Å². The highest BCUT2D eigenvalue weighted by Gasteiger charge is 2.13. The maximum Gasteiger partial charge on any atom is 0.265 e. The summed E-state index contributed by atoms with van der Waals surface area (Å²) < 4.78 is 1.88. The zero-order valence-corrected chi connectivity index (χ0v) is 15.4. The lowest BCUT2D eigenvalue weighted by Gasteiger charge is -2.17. The van der Waals surface area contributed by atoms with Crippen molar-refractivity contribution in [2.24, 2.45) is 0 Å². The third kappa shape index (κ3) is 4.10. The number of benzene rings is 1. The predicted octanol–water partition coefficient (Wildman–Crippen LogP) is 3.99. The standard InChI is InChI=1S/C18H21BrN2O2/c1-11(2)14-7-5-6-13(4)17(14)20-16(22)10-21-9-12(3)8-15(19)18(21)23/h5-9,11H,10H2,1-4H3,(H,20,22). The molecule has 0 aliphatic rings. The second kappa shape index (κ2) is 7.13. The molecular weight excluding hydrogens is 356 g/mol. The van der Waals surface area contributed by atoms with Crippen LogP contribution in [0.2, 0.25) is 0 Å². The summed E-state index contributed by atoms with van der Waals surface area (Å²) in [6.07, 6.45) is 1.69. The van der Waals surface area contributed by atoms with Crippen molar-refractivity contribution in [2.45, 2.75) is 40.2 Å². The Morgan fingerprint density at radius 3 is 2.65 bits per heavy atom. The van der Waals surface area contributed by atoms with Crippen LogP contribution in [0, 0.1) is 13.8 Å². The Kier molecular flexibility index (Phi) is 5.42. The fraction of sp³-hybridized carbons (Fsp3) is 0.333. The molecule has 0 spiro atoms. The van der Waals surface area contributed by atoms with Gasteiger partial charge in [0, 0.05) is 11.9 Å². The number of rotatable bonds is 4. The van der Waals surface area contributed by atoms with E-state index in [2.05, 4.69) is 35.1 Å². The van der Waals surface area contributed by atoms with E-state index < -0.39 is 0 Å². The highest BCUT2D eigenvalue weighted by Crippen LogP contribution is 2.27. The summed E-state index contributed by atoms with van der Waals surface area (Å²) in [6, 6.07) is 7.72. The van der Waals surface area contributed by atoms with E-state index in [0.717, 1.165) is 22.4 Å². The van der Waals surface area contributed by atoms with Crippen LogP contribution in [0.1, 0.15) is 36.5 Å². The monoisotopic (exact) mass is 376 g/mol. The summed E-state index contributed by atoms with van der Waals surface area (Å²) in [5, 5.41) is 2.96. The molecule has 1 aromatic heterocycles. The summed E-state index contributed by atoms with van der Waals surface area (Å²) in [7, 11) is 0. The lowest BCUT2D eigenvalue weighted by atomic mass is 9.98. The number of carbonyl (C=O) groups is 1. The number of anilines is 1. The van der Waals surface area contributed by atoms with E-state index in [1.54, 1.807) is 12.3 Å². The molecule has 1 heterocycles. The van der Waals surface area contributed by atoms with Crippen molar-refractivity contribution < 1.29 is 4.79 Å². The number of carbonyl (C=O) groups excluding carboxylic acids is 1. The van der Waals surface area contributed by atoms with Gasteiger partial charge in [0.1, 0.15) is 6.54 Å². The zero-order valence-electron chi connectivity index (χ0n) is 13.8. The third-order valence-corrected chi connectivity index (χ3v) is 4.25.